The fourth-order valence-electron chi connectivity index (χ4n) is 5.79. The van der Waals surface area contributed by atoms with Crippen LogP contribution in [0.2, 0.25) is 0 Å². The van der Waals surface area contributed by atoms with E-state index in [2.05, 4.69) is 9.80 Å². The molecule has 2 aliphatic rings. The Balaban J connectivity index is 1.31. The Labute approximate surface area is 209 Å². The first-order valence-electron chi connectivity index (χ1n) is 13.4. The van der Waals surface area contributed by atoms with Crippen LogP contribution in [0.4, 0.5) is 18.9 Å². The Morgan fingerprint density at radius 1 is 0.971 bits per heavy atom. The predicted octanol–water partition coefficient (Wildman–Crippen LogP) is 6.50. The lowest BCUT2D eigenvalue weighted by Gasteiger charge is -2.38. The molecule has 198 valence electrons. The number of ketones is 1. The zero-order chi connectivity index (χ0) is 25.3. The number of benzene rings is 1. The zero-order valence-electron chi connectivity index (χ0n) is 21.5. The highest BCUT2D eigenvalue weighted by Gasteiger charge is 2.34. The van der Waals surface area contributed by atoms with Crippen LogP contribution in [0.3, 0.4) is 0 Å². The summed E-state index contributed by atoms with van der Waals surface area (Å²) in [7, 11) is 1.67. The molecule has 1 saturated carbocycles. The van der Waals surface area contributed by atoms with Crippen molar-refractivity contribution in [2.45, 2.75) is 77.3 Å². The van der Waals surface area contributed by atoms with Crippen molar-refractivity contribution in [1.82, 2.24) is 4.90 Å². The second-order valence-corrected chi connectivity index (χ2v) is 10.5. The van der Waals surface area contributed by atoms with E-state index in [9.17, 15) is 18.0 Å². The van der Waals surface area contributed by atoms with Gasteiger partial charge in [-0.3, -0.25) is 9.69 Å². The third kappa shape index (κ3) is 8.78. The smallest absolute Gasteiger partial charge is 0.385 e. The molecule has 0 atom stereocenters. The molecule has 2 fully saturated rings. The van der Waals surface area contributed by atoms with Gasteiger partial charge in [0, 0.05) is 58.4 Å². The quantitative estimate of drug-likeness (QED) is 0.309. The fourth-order valence-corrected chi connectivity index (χ4v) is 5.79. The summed E-state index contributed by atoms with van der Waals surface area (Å²) in [6.45, 7) is 6.70. The van der Waals surface area contributed by atoms with E-state index in [1.807, 2.05) is 6.07 Å². The summed E-state index contributed by atoms with van der Waals surface area (Å²) in [4.78, 5) is 16.5. The Bertz CT molecular complexity index is 783. The number of ether oxygens (including phenoxy) is 1. The zero-order valence-corrected chi connectivity index (χ0v) is 21.5. The van der Waals surface area contributed by atoms with Crippen LogP contribution >= 0.6 is 0 Å². The molecule has 0 amide bonds. The average molecular weight is 497 g/mol. The minimum Gasteiger partial charge on any atom is -0.385 e. The number of nitrogens with zero attached hydrogens (tertiary/aromatic N) is 2. The summed E-state index contributed by atoms with van der Waals surface area (Å²) < 4.78 is 44.8. The van der Waals surface area contributed by atoms with Crippen LogP contribution < -0.4 is 4.90 Å². The molecule has 0 radical (unpaired) electrons. The van der Waals surface area contributed by atoms with Crippen molar-refractivity contribution in [3.05, 3.63) is 29.3 Å². The monoisotopic (exact) mass is 496 g/mol. The van der Waals surface area contributed by atoms with E-state index in [1.54, 1.807) is 14.0 Å². The average Bonchev–Trinajstić information content (AvgIpc) is 2.83. The van der Waals surface area contributed by atoms with Crippen molar-refractivity contribution in [3.63, 3.8) is 0 Å². The van der Waals surface area contributed by atoms with Gasteiger partial charge in [0.25, 0.3) is 0 Å². The van der Waals surface area contributed by atoms with Gasteiger partial charge in [-0.2, -0.15) is 13.2 Å². The molecule has 7 heteroatoms. The van der Waals surface area contributed by atoms with Crippen LogP contribution in [0.25, 0.3) is 0 Å². The molecule has 35 heavy (non-hydrogen) atoms. The summed E-state index contributed by atoms with van der Waals surface area (Å²) in [5, 5.41) is 0. The summed E-state index contributed by atoms with van der Waals surface area (Å²) in [5.74, 6) is 1.93. The van der Waals surface area contributed by atoms with Gasteiger partial charge in [-0.1, -0.05) is 38.2 Å². The van der Waals surface area contributed by atoms with E-state index in [1.165, 1.54) is 50.7 Å². The van der Waals surface area contributed by atoms with Crippen LogP contribution in [-0.4, -0.2) is 57.1 Å². The molecule has 0 unspecified atom stereocenters. The number of carbonyl (C=O) groups excluding carboxylic acids is 1. The molecular weight excluding hydrogens is 453 g/mol. The van der Waals surface area contributed by atoms with E-state index in [4.69, 9.17) is 4.74 Å². The third-order valence-corrected chi connectivity index (χ3v) is 8.02. The molecule has 1 aliphatic heterocycles. The molecule has 1 aliphatic carbocycles. The number of alkyl halides is 3. The molecule has 0 spiro atoms. The van der Waals surface area contributed by atoms with Gasteiger partial charge in [-0.05, 0) is 62.3 Å². The number of carbonyl (C=O) groups is 1. The maximum absolute atomic E-state index is 13.3. The van der Waals surface area contributed by atoms with E-state index < -0.39 is 11.7 Å². The Morgan fingerprint density at radius 3 is 2.23 bits per heavy atom. The second-order valence-electron chi connectivity index (χ2n) is 10.5. The lowest BCUT2D eigenvalue weighted by Crippen LogP contribution is -2.47. The highest BCUT2D eigenvalue weighted by atomic mass is 19.4. The maximum atomic E-state index is 13.3. The third-order valence-electron chi connectivity index (χ3n) is 8.02. The Kier molecular flexibility index (Phi) is 10.9. The fraction of sp³-hybridized carbons (Fsp3) is 0.750. The van der Waals surface area contributed by atoms with Gasteiger partial charge < -0.3 is 9.64 Å². The lowest BCUT2D eigenvalue weighted by atomic mass is 9.78. The van der Waals surface area contributed by atoms with Crippen molar-refractivity contribution >= 4 is 11.5 Å². The molecule has 1 heterocycles. The molecule has 4 nitrogen and oxygen atoms in total. The van der Waals surface area contributed by atoms with Crippen molar-refractivity contribution in [3.8, 4) is 0 Å². The number of rotatable bonds is 12. The van der Waals surface area contributed by atoms with Crippen LogP contribution in [-0.2, 0) is 15.7 Å². The van der Waals surface area contributed by atoms with Gasteiger partial charge >= 0.3 is 6.18 Å². The van der Waals surface area contributed by atoms with E-state index >= 15 is 0 Å². The van der Waals surface area contributed by atoms with Crippen molar-refractivity contribution in [2.24, 2.45) is 11.8 Å². The minimum atomic E-state index is -4.30. The SMILES string of the molecule is COCCCC(=O)CCCC1CCC(CCN2CCN(c3cccc(C(F)(F)F)c3C)CC2)CC1. The highest BCUT2D eigenvalue weighted by Crippen LogP contribution is 2.36. The summed E-state index contributed by atoms with van der Waals surface area (Å²) >= 11 is 0. The van der Waals surface area contributed by atoms with Crippen molar-refractivity contribution in [1.29, 1.82) is 0 Å². The first-order chi connectivity index (χ1) is 16.8. The van der Waals surface area contributed by atoms with E-state index in [0.29, 0.717) is 24.4 Å². The minimum absolute atomic E-state index is 0.334. The standard InChI is InChI=1S/C28H43F3N2O2/c1-22-26(28(29,30)31)9-4-10-27(22)33-19-17-32(18-20-33)16-15-24-13-11-23(12-14-24)6-3-7-25(34)8-5-21-35-2/h4,9-10,23-24H,3,5-8,11-21H2,1-2H3. The van der Waals surface area contributed by atoms with Gasteiger partial charge in [0.2, 0.25) is 0 Å². The van der Waals surface area contributed by atoms with Crippen LogP contribution in [0.5, 0.6) is 0 Å². The lowest BCUT2D eigenvalue weighted by molar-refractivity contribution is -0.138. The predicted molar refractivity (Wildman–Crippen MR) is 135 cm³/mol. The first-order valence-corrected chi connectivity index (χ1v) is 13.4. The van der Waals surface area contributed by atoms with Crippen molar-refractivity contribution < 1.29 is 22.7 Å². The van der Waals surface area contributed by atoms with Gasteiger partial charge in [-0.25, -0.2) is 0 Å². The number of halogens is 3. The topological polar surface area (TPSA) is 32.8 Å². The van der Waals surface area contributed by atoms with Gasteiger partial charge in [0.1, 0.15) is 5.78 Å². The van der Waals surface area contributed by atoms with Crippen molar-refractivity contribution in [2.75, 3.05) is 51.3 Å². The van der Waals surface area contributed by atoms with Gasteiger partial charge in [0.15, 0.2) is 0 Å². The molecule has 0 N–H and O–H groups in total. The first kappa shape index (κ1) is 28.0. The normalized spacial score (nSPS) is 21.9. The van der Waals surface area contributed by atoms with Crippen LogP contribution in [0.15, 0.2) is 18.2 Å². The number of anilines is 1. The summed E-state index contributed by atoms with van der Waals surface area (Å²) in [5.41, 5.74) is 0.525. The molecule has 1 aromatic rings. The molecule has 0 bridgehead atoms. The second kappa shape index (κ2) is 13.6. The molecule has 1 saturated heterocycles. The van der Waals surface area contributed by atoms with Crippen LogP contribution in [0, 0.1) is 18.8 Å². The number of hydrogen-bond acceptors (Lipinski definition) is 4. The molecule has 3 rings (SSSR count). The largest absolute Gasteiger partial charge is 0.416 e. The molecule has 0 aromatic heterocycles. The number of Topliss-reactive ketones (excluding diaryl/α,β-unsaturated/α-hetero) is 1. The van der Waals surface area contributed by atoms with Crippen LogP contribution in [0.1, 0.15) is 75.3 Å². The summed E-state index contributed by atoms with van der Waals surface area (Å²) in [6, 6.07) is 4.51. The van der Waals surface area contributed by atoms with E-state index in [-0.39, 0.29) is 0 Å². The molecule has 1 aromatic carbocycles. The summed E-state index contributed by atoms with van der Waals surface area (Å²) in [6.07, 6.45) is 6.46. The highest BCUT2D eigenvalue weighted by molar-refractivity contribution is 5.78. The molecular formula is C28H43F3N2O2. The van der Waals surface area contributed by atoms with Gasteiger partial charge in [0.05, 0.1) is 5.56 Å². The Hall–Kier alpha value is -1.60. The number of piperazine rings is 1. The number of hydrogen-bond donors (Lipinski definition) is 0. The maximum Gasteiger partial charge on any atom is 0.416 e. The van der Waals surface area contributed by atoms with Gasteiger partial charge in [-0.15, -0.1) is 0 Å². The van der Waals surface area contributed by atoms with E-state index in [0.717, 1.165) is 69.5 Å². The Morgan fingerprint density at radius 2 is 1.60 bits per heavy atom. The number of methoxy groups -OCH3 is 1.